The van der Waals surface area contributed by atoms with E-state index < -0.39 is 0 Å². The summed E-state index contributed by atoms with van der Waals surface area (Å²) in [6.07, 6.45) is 7.41. The van der Waals surface area contributed by atoms with Gasteiger partial charge in [-0.15, -0.1) is 5.10 Å². The highest BCUT2D eigenvalue weighted by atomic mass is 15.6. The van der Waals surface area contributed by atoms with E-state index in [1.165, 1.54) is 48.9 Å². The fourth-order valence-corrected chi connectivity index (χ4v) is 5.09. The van der Waals surface area contributed by atoms with Crippen molar-refractivity contribution < 1.29 is 4.90 Å². The maximum atomic E-state index is 4.53. The van der Waals surface area contributed by atoms with Crippen LogP contribution < -0.4 is 9.80 Å². The molecule has 0 bridgehead atoms. The molecule has 2 heterocycles. The molecule has 0 amide bonds. The summed E-state index contributed by atoms with van der Waals surface area (Å²) in [5.74, 6) is 1.13. The number of nitrogens with one attached hydrogen (secondary N) is 1. The van der Waals surface area contributed by atoms with Crippen molar-refractivity contribution in [2.24, 2.45) is 0 Å². The Hall–Kier alpha value is -1.95. The van der Waals surface area contributed by atoms with Gasteiger partial charge in [-0.2, -0.15) is 0 Å². The Balaban J connectivity index is 1.49. The molecule has 1 aromatic carbocycles. The van der Waals surface area contributed by atoms with Crippen LogP contribution in [0.2, 0.25) is 0 Å². The van der Waals surface area contributed by atoms with Gasteiger partial charge in [-0.3, -0.25) is 0 Å². The van der Waals surface area contributed by atoms with E-state index >= 15 is 0 Å². The van der Waals surface area contributed by atoms with Gasteiger partial charge < -0.3 is 9.80 Å². The lowest BCUT2D eigenvalue weighted by Crippen LogP contribution is -3.15. The van der Waals surface area contributed by atoms with Crippen molar-refractivity contribution >= 4 is 5.69 Å². The highest BCUT2D eigenvalue weighted by Gasteiger charge is 2.34. The van der Waals surface area contributed by atoms with Gasteiger partial charge in [0.15, 0.2) is 0 Å². The summed E-state index contributed by atoms with van der Waals surface area (Å²) >= 11 is 0. The van der Waals surface area contributed by atoms with Gasteiger partial charge >= 0.3 is 0 Å². The molecule has 2 aromatic rings. The van der Waals surface area contributed by atoms with Crippen molar-refractivity contribution in [3.05, 3.63) is 35.2 Å². The number of benzene rings is 1. The number of tetrazole rings is 1. The summed E-state index contributed by atoms with van der Waals surface area (Å²) in [6.45, 7) is 11.2. The minimum atomic E-state index is 0.418. The molecule has 1 aliphatic heterocycles. The third kappa shape index (κ3) is 3.93. The molecule has 1 atom stereocenters. The summed E-state index contributed by atoms with van der Waals surface area (Å²) in [5.41, 5.74) is 4.13. The summed E-state index contributed by atoms with van der Waals surface area (Å²) in [6, 6.07) is 7.73. The molecule has 6 nitrogen and oxygen atoms in total. The van der Waals surface area contributed by atoms with Crippen LogP contribution in [-0.4, -0.2) is 46.4 Å². The molecule has 4 rings (SSSR count). The maximum absolute atomic E-state index is 4.53. The van der Waals surface area contributed by atoms with E-state index in [1.807, 2.05) is 0 Å². The first-order valence-corrected chi connectivity index (χ1v) is 11.1. The van der Waals surface area contributed by atoms with Crippen molar-refractivity contribution in [1.29, 1.82) is 0 Å². The van der Waals surface area contributed by atoms with E-state index in [0.717, 1.165) is 38.4 Å². The number of rotatable bonds is 6. The second kappa shape index (κ2) is 8.60. The van der Waals surface area contributed by atoms with Crippen LogP contribution in [0.5, 0.6) is 0 Å². The van der Waals surface area contributed by atoms with Gasteiger partial charge in [0, 0.05) is 12.1 Å². The number of hydrogen-bond donors (Lipinski definition) is 1. The largest absolute Gasteiger partial charge is 0.360 e. The molecule has 0 spiro atoms. The van der Waals surface area contributed by atoms with Gasteiger partial charge in [0.2, 0.25) is 5.82 Å². The Morgan fingerprint density at radius 1 is 1.14 bits per heavy atom. The van der Waals surface area contributed by atoms with Crippen molar-refractivity contribution in [2.75, 3.05) is 31.1 Å². The second-order valence-corrected chi connectivity index (χ2v) is 8.70. The number of anilines is 1. The number of aryl methyl sites for hydroxylation is 2. The second-order valence-electron chi connectivity index (χ2n) is 8.70. The van der Waals surface area contributed by atoms with Gasteiger partial charge in [-0.25, -0.2) is 4.68 Å². The number of piperazine rings is 1. The van der Waals surface area contributed by atoms with Crippen LogP contribution in [0.3, 0.4) is 0 Å². The van der Waals surface area contributed by atoms with Gasteiger partial charge in [-0.05, 0) is 54.3 Å². The first-order chi connectivity index (χ1) is 13.7. The van der Waals surface area contributed by atoms with E-state index in [0.29, 0.717) is 12.1 Å². The van der Waals surface area contributed by atoms with E-state index in [9.17, 15) is 0 Å². The van der Waals surface area contributed by atoms with Crippen LogP contribution >= 0.6 is 0 Å². The van der Waals surface area contributed by atoms with Crippen LogP contribution in [0.15, 0.2) is 18.2 Å². The van der Waals surface area contributed by atoms with Crippen LogP contribution in [-0.2, 0) is 0 Å². The quantitative estimate of drug-likeness (QED) is 0.833. The van der Waals surface area contributed by atoms with Crippen molar-refractivity contribution in [1.82, 2.24) is 20.2 Å². The third-order valence-corrected chi connectivity index (χ3v) is 6.68. The number of nitrogens with zero attached hydrogens (tertiary/aromatic N) is 5. The normalized spacial score (nSPS) is 20.0. The predicted octanol–water partition coefficient (Wildman–Crippen LogP) is 2.65. The van der Waals surface area contributed by atoms with Crippen LogP contribution in [0.4, 0.5) is 5.69 Å². The monoisotopic (exact) mass is 383 g/mol. The number of aromatic nitrogens is 4. The molecule has 2 aliphatic rings. The third-order valence-electron chi connectivity index (χ3n) is 6.68. The molecule has 6 heteroatoms. The SMILES string of the molecule is CCC[C@H](c1nnnn1C1CCCC1)[NH+]1CCN(c2cc(C)ccc2C)CC1. The summed E-state index contributed by atoms with van der Waals surface area (Å²) in [7, 11) is 0. The lowest BCUT2D eigenvalue weighted by molar-refractivity contribution is -0.933. The Bertz CT molecular complexity index is 771. The highest BCUT2D eigenvalue weighted by Crippen LogP contribution is 2.30. The molecule has 28 heavy (non-hydrogen) atoms. The highest BCUT2D eigenvalue weighted by molar-refractivity contribution is 5.55. The molecule has 1 saturated heterocycles. The topological polar surface area (TPSA) is 51.3 Å². The van der Waals surface area contributed by atoms with Gasteiger partial charge in [0.1, 0.15) is 6.04 Å². The molecule has 152 valence electrons. The smallest absolute Gasteiger partial charge is 0.209 e. The zero-order valence-corrected chi connectivity index (χ0v) is 17.7. The minimum absolute atomic E-state index is 0.418. The Morgan fingerprint density at radius 2 is 1.89 bits per heavy atom. The number of hydrogen-bond acceptors (Lipinski definition) is 4. The van der Waals surface area contributed by atoms with Gasteiger partial charge in [-0.1, -0.05) is 38.3 Å². The van der Waals surface area contributed by atoms with E-state index in [-0.39, 0.29) is 0 Å². The maximum Gasteiger partial charge on any atom is 0.209 e. The Morgan fingerprint density at radius 3 is 2.61 bits per heavy atom. The molecule has 1 saturated carbocycles. The number of quaternary nitrogens is 1. The fraction of sp³-hybridized carbons (Fsp3) is 0.682. The minimum Gasteiger partial charge on any atom is -0.360 e. The Kier molecular flexibility index (Phi) is 5.95. The zero-order valence-electron chi connectivity index (χ0n) is 17.7. The van der Waals surface area contributed by atoms with Gasteiger partial charge in [0.05, 0.1) is 32.2 Å². The molecular formula is C22H35N6+. The molecule has 2 fully saturated rings. The first kappa shape index (κ1) is 19.4. The van der Waals surface area contributed by atoms with Crippen molar-refractivity contribution in [3.63, 3.8) is 0 Å². The van der Waals surface area contributed by atoms with Crippen LogP contribution in [0.25, 0.3) is 0 Å². The first-order valence-electron chi connectivity index (χ1n) is 11.1. The molecule has 1 aromatic heterocycles. The zero-order chi connectivity index (χ0) is 19.5. The average molecular weight is 384 g/mol. The molecule has 1 N–H and O–H groups in total. The Labute approximate surface area is 168 Å². The van der Waals surface area contributed by atoms with Crippen LogP contribution in [0, 0.1) is 13.8 Å². The summed E-state index contributed by atoms with van der Waals surface area (Å²) < 4.78 is 2.18. The van der Waals surface area contributed by atoms with Gasteiger partial charge in [0.25, 0.3) is 0 Å². The fourth-order valence-electron chi connectivity index (χ4n) is 5.09. The lowest BCUT2D eigenvalue weighted by atomic mass is 10.1. The summed E-state index contributed by atoms with van der Waals surface area (Å²) in [5, 5.41) is 13.0. The van der Waals surface area contributed by atoms with E-state index in [1.54, 1.807) is 4.90 Å². The average Bonchev–Trinajstić information content (AvgIpc) is 3.40. The summed E-state index contributed by atoms with van der Waals surface area (Å²) in [4.78, 5) is 4.21. The molecule has 0 radical (unpaired) electrons. The van der Waals surface area contributed by atoms with Crippen LogP contribution in [0.1, 0.15) is 74.5 Å². The van der Waals surface area contributed by atoms with Crippen molar-refractivity contribution in [2.45, 2.75) is 71.4 Å². The predicted molar refractivity (Wildman–Crippen MR) is 112 cm³/mol. The molecule has 0 unspecified atom stereocenters. The van der Waals surface area contributed by atoms with E-state index in [2.05, 4.69) is 64.1 Å². The van der Waals surface area contributed by atoms with E-state index in [4.69, 9.17) is 0 Å². The lowest BCUT2D eigenvalue weighted by Gasteiger charge is -2.38. The molecular weight excluding hydrogens is 348 g/mol. The standard InChI is InChI=1S/C22H34N6/c1-4-7-20(22-23-24-25-28(22)19-8-5-6-9-19)26-12-14-27(15-13-26)21-16-17(2)10-11-18(21)3/h10-11,16,19-20H,4-9,12-15H2,1-3H3/p+1/t20-/m1/s1. The van der Waals surface area contributed by atoms with Crippen molar-refractivity contribution in [3.8, 4) is 0 Å². The molecule has 1 aliphatic carbocycles.